The van der Waals surface area contributed by atoms with Crippen molar-refractivity contribution in [2.45, 2.75) is 125 Å². The highest BCUT2D eigenvalue weighted by Crippen LogP contribution is 2.64. The van der Waals surface area contributed by atoms with Gasteiger partial charge in [0.05, 0.1) is 20.3 Å². The molecule has 398 valence electrons. The van der Waals surface area contributed by atoms with Crippen LogP contribution in [0, 0.1) is 0 Å². The Hall–Kier alpha value is -4.79. The van der Waals surface area contributed by atoms with Crippen molar-refractivity contribution in [3.63, 3.8) is 0 Å². The van der Waals surface area contributed by atoms with Crippen LogP contribution in [-0.2, 0) is 23.4 Å². The van der Waals surface area contributed by atoms with E-state index in [1.165, 1.54) is 96.5 Å². The number of carbonyl (C=O) groups excluding carboxylic acids is 2. The topological polar surface area (TPSA) is 102 Å². The van der Waals surface area contributed by atoms with Gasteiger partial charge in [0.25, 0.3) is 0 Å². The Bertz CT molecular complexity index is 2070. The molecule has 0 aliphatic heterocycles. The first kappa shape index (κ1) is 61.3. The van der Waals surface area contributed by atoms with Gasteiger partial charge in [-0.05, 0) is 78.5 Å². The molecule has 0 unspecified atom stereocenters. The number of alkyl halides is 17. The van der Waals surface area contributed by atoms with Crippen LogP contribution in [0.25, 0.3) is 0 Å². The zero-order valence-electron chi connectivity index (χ0n) is 38.4. The van der Waals surface area contributed by atoms with E-state index in [1.54, 1.807) is 26.0 Å². The molecule has 0 saturated carbocycles. The number of anilines is 1. The van der Waals surface area contributed by atoms with Gasteiger partial charge in [0.15, 0.2) is 14.4 Å². The Morgan fingerprint density at radius 3 is 1.61 bits per heavy atom. The van der Waals surface area contributed by atoms with Gasteiger partial charge in [-0.3, -0.25) is 5.32 Å². The van der Waals surface area contributed by atoms with Gasteiger partial charge >= 0.3 is 59.7 Å². The zero-order chi connectivity index (χ0) is 54.1. The summed E-state index contributed by atoms with van der Waals surface area (Å²) in [5.74, 6) is -57.0. The number of halogens is 17. The Kier molecular flexibility index (Phi) is 20.3. The molecule has 9 nitrogen and oxygen atoms in total. The fraction of sp³-hybridized carbons (Fsp3) is 0.581. The summed E-state index contributed by atoms with van der Waals surface area (Å²) in [6.45, 7) is 7.56. The lowest BCUT2D eigenvalue weighted by Crippen LogP contribution is -2.74. The number of rotatable bonds is 26. The monoisotopic (exact) mass is 1060 g/mol. The quantitative estimate of drug-likeness (QED) is 0.0248. The molecule has 0 spiro atoms. The minimum Gasteiger partial charge on any atom is -0.497 e. The van der Waals surface area contributed by atoms with Crippen molar-refractivity contribution in [1.82, 2.24) is 0 Å². The second-order valence-corrected chi connectivity index (χ2v) is 21.1. The lowest BCUT2D eigenvalue weighted by atomic mass is 9.88. The van der Waals surface area contributed by atoms with E-state index in [2.05, 4.69) is 5.32 Å². The highest BCUT2D eigenvalue weighted by Gasteiger charge is 2.95. The number of carbonyl (C=O) groups is 2. The molecule has 27 heteroatoms. The smallest absolute Gasteiger partial charge is 0.460 e. The van der Waals surface area contributed by atoms with Crippen LogP contribution in [0.2, 0.25) is 17.1 Å². The summed E-state index contributed by atoms with van der Waals surface area (Å²) < 4.78 is 269. The molecule has 0 aromatic heterocycles. The molecular formula is C43H50F17NO8Si. The molecule has 0 heterocycles. The van der Waals surface area contributed by atoms with E-state index in [-0.39, 0.29) is 12.4 Å². The van der Waals surface area contributed by atoms with Gasteiger partial charge in [-0.2, -0.15) is 74.6 Å². The lowest BCUT2D eigenvalue weighted by Gasteiger charge is -2.44. The summed E-state index contributed by atoms with van der Waals surface area (Å²) in [4.78, 5) is 25.0. The molecule has 0 saturated heterocycles. The molecule has 70 heavy (non-hydrogen) atoms. The van der Waals surface area contributed by atoms with E-state index < -0.39 is 117 Å². The minimum atomic E-state index is -8.71. The average Bonchev–Trinajstić information content (AvgIpc) is 3.25. The van der Waals surface area contributed by atoms with Crippen LogP contribution in [0.4, 0.5) is 85.1 Å². The van der Waals surface area contributed by atoms with Crippen molar-refractivity contribution < 1.29 is 112 Å². The van der Waals surface area contributed by atoms with Gasteiger partial charge in [-0.1, -0.05) is 52.0 Å². The van der Waals surface area contributed by atoms with Gasteiger partial charge in [-0.15, -0.1) is 0 Å². The predicted octanol–water partition coefficient (Wildman–Crippen LogP) is 13.6. The number of esters is 1. The molecule has 1 amide bonds. The largest absolute Gasteiger partial charge is 0.497 e. The number of hydrogen-bond donors (Lipinski definition) is 1. The second-order valence-electron chi connectivity index (χ2n) is 16.1. The number of ether oxygens (including phenoxy) is 5. The fourth-order valence-corrected chi connectivity index (χ4v) is 11.2. The Morgan fingerprint density at radius 2 is 1.16 bits per heavy atom. The third-order valence-corrected chi connectivity index (χ3v) is 16.5. The van der Waals surface area contributed by atoms with E-state index in [4.69, 9.17) is 28.1 Å². The van der Waals surface area contributed by atoms with Crippen LogP contribution in [0.1, 0.15) is 59.6 Å². The molecule has 1 N–H and O–H groups in total. The summed E-state index contributed by atoms with van der Waals surface area (Å²) in [6.07, 6.45) is -9.36. The number of allylic oxidation sites excluding steroid dienone is 2. The maximum absolute atomic E-state index is 15.1. The van der Waals surface area contributed by atoms with Crippen molar-refractivity contribution in [2.24, 2.45) is 0 Å². The van der Waals surface area contributed by atoms with Gasteiger partial charge in [0.1, 0.15) is 24.2 Å². The third-order valence-electron chi connectivity index (χ3n) is 10.8. The maximum Gasteiger partial charge on any atom is 0.460 e. The van der Waals surface area contributed by atoms with Crippen LogP contribution in [0.5, 0.6) is 11.5 Å². The summed E-state index contributed by atoms with van der Waals surface area (Å²) in [7, 11) is -1.30. The molecule has 2 rings (SSSR count). The number of amides is 1. The highest BCUT2D eigenvalue weighted by atomic mass is 28.4. The Balaban J connectivity index is 2.36. The van der Waals surface area contributed by atoms with Crippen molar-refractivity contribution in [3.8, 4) is 11.5 Å². The first-order chi connectivity index (χ1) is 31.9. The van der Waals surface area contributed by atoms with E-state index >= 15 is 8.78 Å². The molecule has 0 aliphatic carbocycles. The van der Waals surface area contributed by atoms with Crippen molar-refractivity contribution in [1.29, 1.82) is 0 Å². The Labute approximate surface area is 391 Å². The first-order valence-corrected chi connectivity index (χ1v) is 22.9. The standard InChI is InChI=1S/C43H50F17NO8Si/c1-9-66-33(62)24-27(6)10-19-32(65-8)34(69-35(63)61-29-13-17-30(64-7)18-14-29)28-11-15-31(16-12-28)67-21-22-68-70(25(2)3,26(4)5)23-20-36(44,45)37(46,47)38(48,49)39(50,51)40(52,53)41(54,55)42(56,57)43(58,59)60/h10-19,24-26,32,34H,9,20-23H2,1-8H3,(H,61,63)/b19-10+,27-24+/t32-,34-/m0/s1. The summed E-state index contributed by atoms with van der Waals surface area (Å²) in [5.41, 5.74) is -0.749. The van der Waals surface area contributed by atoms with Gasteiger partial charge in [-0.25, -0.2) is 9.59 Å². The summed E-state index contributed by atoms with van der Waals surface area (Å²) in [6, 6.07) is 10.5. The van der Waals surface area contributed by atoms with Crippen LogP contribution >= 0.6 is 0 Å². The van der Waals surface area contributed by atoms with Crippen LogP contribution in [0.3, 0.4) is 0 Å². The number of methoxy groups -OCH3 is 2. The maximum atomic E-state index is 15.1. The Morgan fingerprint density at radius 1 is 0.671 bits per heavy atom. The lowest BCUT2D eigenvalue weighted by molar-refractivity contribution is -0.461. The van der Waals surface area contributed by atoms with Crippen LogP contribution in [-0.4, -0.2) is 108 Å². The first-order valence-electron chi connectivity index (χ1n) is 20.6. The summed E-state index contributed by atoms with van der Waals surface area (Å²) in [5, 5.41) is 2.55. The zero-order valence-corrected chi connectivity index (χ0v) is 39.4. The number of benzene rings is 2. The van der Waals surface area contributed by atoms with E-state index in [1.807, 2.05) is 0 Å². The molecule has 2 atom stereocenters. The van der Waals surface area contributed by atoms with E-state index in [0.29, 0.717) is 22.6 Å². The second kappa shape index (κ2) is 23.2. The molecular weight excluding hydrogens is 1010 g/mol. The molecule has 2 aromatic rings. The van der Waals surface area contributed by atoms with E-state index in [0.717, 1.165) is 0 Å². The molecule has 0 bridgehead atoms. The van der Waals surface area contributed by atoms with Crippen molar-refractivity contribution >= 4 is 26.1 Å². The van der Waals surface area contributed by atoms with Gasteiger partial charge in [0, 0.05) is 25.3 Å². The number of nitrogens with one attached hydrogen (secondary N) is 1. The van der Waals surface area contributed by atoms with Crippen molar-refractivity contribution in [3.05, 3.63) is 77.9 Å². The van der Waals surface area contributed by atoms with Gasteiger partial charge < -0.3 is 28.1 Å². The predicted molar refractivity (Wildman–Crippen MR) is 220 cm³/mol. The molecule has 0 fully saturated rings. The molecule has 0 radical (unpaired) electrons. The molecule has 2 aromatic carbocycles. The fourth-order valence-electron chi connectivity index (χ4n) is 6.73. The van der Waals surface area contributed by atoms with Crippen molar-refractivity contribution in [2.75, 3.05) is 39.4 Å². The van der Waals surface area contributed by atoms with Crippen LogP contribution < -0.4 is 14.8 Å². The highest BCUT2D eigenvalue weighted by molar-refractivity contribution is 6.76. The number of hydrogen-bond acceptors (Lipinski definition) is 8. The summed E-state index contributed by atoms with van der Waals surface area (Å²) >= 11 is 0. The normalized spacial score (nSPS) is 15.0. The molecule has 0 aliphatic rings. The minimum absolute atomic E-state index is 0.0811. The van der Waals surface area contributed by atoms with Gasteiger partial charge in [0.2, 0.25) is 0 Å². The average molecular weight is 1060 g/mol. The SMILES string of the molecule is CCOC(=O)/C=C(C)/C=C/[C@H](OC)[C@@H](OC(=O)Nc1ccc(OC)cc1)c1ccc(OCCO[Si](CCC(F)(F)C(F)(F)C(F)(F)C(F)(F)C(F)(F)C(F)(F)C(F)(F)C(F)(F)F)(C(C)C)C(C)C)cc1. The third kappa shape index (κ3) is 13.0. The van der Waals surface area contributed by atoms with E-state index in [9.17, 15) is 75.4 Å². The van der Waals surface area contributed by atoms with Crippen LogP contribution in [0.15, 0.2) is 72.3 Å².